The molecule has 0 bridgehead atoms. The third kappa shape index (κ3) is 5.26. The van der Waals surface area contributed by atoms with Crippen LogP contribution in [0, 0.1) is 17.9 Å². The van der Waals surface area contributed by atoms with Gasteiger partial charge >= 0.3 is 0 Å². The largest absolute Gasteiger partial charge is 0.320 e. The quantitative estimate of drug-likeness (QED) is 0.157. The minimum atomic E-state index is -0.609. The molecule has 2 aliphatic carbocycles. The zero-order chi connectivity index (χ0) is 42.1. The molecule has 0 fully saturated rings. The van der Waals surface area contributed by atoms with Gasteiger partial charge in [-0.2, -0.15) is 5.26 Å². The van der Waals surface area contributed by atoms with Crippen molar-refractivity contribution >= 4 is 61.4 Å². The molecule has 0 radical (unpaired) electrons. The van der Waals surface area contributed by atoms with E-state index in [2.05, 4.69) is 154 Å². The lowest BCUT2D eigenvalue weighted by Crippen LogP contribution is -2.26. The van der Waals surface area contributed by atoms with Crippen LogP contribution in [0.25, 0.3) is 48.6 Å². The number of fused-ring (bicyclic) bond motifs is 14. The van der Waals surface area contributed by atoms with Crippen LogP contribution in [0.1, 0.15) is 27.8 Å². The smallest absolute Gasteiger partial charge is 0.210 e. The predicted molar refractivity (Wildman–Crippen MR) is 258 cm³/mol. The van der Waals surface area contributed by atoms with E-state index < -0.39 is 5.41 Å². The number of nitrogens with zero attached hydrogens (tertiary/aromatic N) is 4. The van der Waals surface area contributed by atoms with Gasteiger partial charge in [0.15, 0.2) is 0 Å². The van der Waals surface area contributed by atoms with Crippen LogP contribution >= 0.6 is 0 Å². The van der Waals surface area contributed by atoms with Crippen LogP contribution in [0.15, 0.2) is 218 Å². The van der Waals surface area contributed by atoms with E-state index in [0.29, 0.717) is 11.3 Å². The van der Waals surface area contributed by atoms with Crippen LogP contribution in [0.5, 0.6) is 0 Å². The van der Waals surface area contributed by atoms with E-state index >= 15 is 0 Å². The molecule has 1 spiro atoms. The normalized spacial score (nSPS) is 12.5. The molecular weight excluding hydrogens is 765 g/mol. The van der Waals surface area contributed by atoms with E-state index in [0.717, 1.165) is 44.9 Å². The van der Waals surface area contributed by atoms with Gasteiger partial charge < -0.3 is 9.80 Å². The van der Waals surface area contributed by atoms with Crippen LogP contribution in [0.2, 0.25) is 0 Å². The fourth-order valence-electron chi connectivity index (χ4n) is 10.6. The first-order valence-electron chi connectivity index (χ1n) is 21.2. The average molecular weight is 801 g/mol. The summed E-state index contributed by atoms with van der Waals surface area (Å²) in [5, 5.41) is 14.9. The highest BCUT2D eigenvalue weighted by Gasteiger charge is 2.53. The lowest BCUT2D eigenvalue weighted by molar-refractivity contribution is 0.809. The molecule has 292 valence electrons. The van der Waals surface area contributed by atoms with Gasteiger partial charge in [-0.3, -0.25) is 0 Å². The van der Waals surface area contributed by atoms with Gasteiger partial charge in [-0.25, -0.2) is 4.85 Å². The molecule has 2 aliphatic rings. The highest BCUT2D eigenvalue weighted by Crippen LogP contribution is 2.65. The number of rotatable bonds is 6. The molecule has 0 amide bonds. The Bertz CT molecular complexity index is 3320. The Morgan fingerprint density at radius 2 is 0.873 bits per heavy atom. The van der Waals surface area contributed by atoms with E-state index in [1.54, 1.807) is 0 Å². The second-order valence-corrected chi connectivity index (χ2v) is 16.2. The number of hydrogen-bond donors (Lipinski definition) is 0. The molecule has 10 aromatic carbocycles. The third-order valence-corrected chi connectivity index (χ3v) is 13.1. The molecular formula is C59H36N4. The molecule has 4 heteroatoms. The molecule has 4 nitrogen and oxygen atoms in total. The minimum absolute atomic E-state index is 0.597. The fourth-order valence-corrected chi connectivity index (χ4v) is 10.6. The molecule has 0 aromatic heterocycles. The Labute approximate surface area is 366 Å². The van der Waals surface area contributed by atoms with Crippen molar-refractivity contribution in [2.24, 2.45) is 0 Å². The monoisotopic (exact) mass is 800 g/mol. The van der Waals surface area contributed by atoms with Crippen molar-refractivity contribution < 1.29 is 0 Å². The molecule has 10 aromatic rings. The van der Waals surface area contributed by atoms with Crippen molar-refractivity contribution in [1.29, 1.82) is 5.26 Å². The summed E-state index contributed by atoms with van der Waals surface area (Å²) in [5.41, 5.74) is 16.3. The van der Waals surface area contributed by atoms with Gasteiger partial charge in [0.25, 0.3) is 0 Å². The standard InChI is InChI=1S/C59H36N4/c1-61-54-25-13-15-27-56(54)63(43-19-6-3-7-20-43)45-31-35-47-40(37-45)29-33-51-50-32-28-39-36-44(62(42-17-4-2-5-18-42)55-26-14-8-16-41(55)38-60)30-34-46(39)57(50)59(58(47)51)52-23-11-9-21-48(52)49-22-10-12-24-53(49)59/h2-37H. The van der Waals surface area contributed by atoms with E-state index in [-0.39, 0.29) is 0 Å². The van der Waals surface area contributed by atoms with Crippen molar-refractivity contribution in [3.05, 3.63) is 258 Å². The van der Waals surface area contributed by atoms with Crippen LogP contribution in [0.3, 0.4) is 0 Å². The molecule has 0 saturated carbocycles. The van der Waals surface area contributed by atoms with Crippen LogP contribution in [0.4, 0.5) is 39.8 Å². The van der Waals surface area contributed by atoms with Gasteiger partial charge in [0.1, 0.15) is 6.07 Å². The topological polar surface area (TPSA) is 34.6 Å². The summed E-state index contributed by atoms with van der Waals surface area (Å²) in [4.78, 5) is 8.33. The maximum atomic E-state index is 10.3. The van der Waals surface area contributed by atoms with Crippen molar-refractivity contribution in [3.63, 3.8) is 0 Å². The third-order valence-electron chi connectivity index (χ3n) is 13.1. The molecule has 0 unspecified atom stereocenters. The Balaban J connectivity index is 1.12. The fraction of sp³-hybridized carbons (Fsp3) is 0.0169. The second-order valence-electron chi connectivity index (χ2n) is 16.2. The first-order valence-corrected chi connectivity index (χ1v) is 21.2. The van der Waals surface area contributed by atoms with Gasteiger partial charge in [0.2, 0.25) is 5.69 Å². The molecule has 0 N–H and O–H groups in total. The van der Waals surface area contributed by atoms with Crippen LogP contribution in [-0.2, 0) is 5.41 Å². The average Bonchev–Trinajstić information content (AvgIpc) is 3.82. The summed E-state index contributed by atoms with van der Waals surface area (Å²) in [6.07, 6.45) is 0. The maximum Gasteiger partial charge on any atom is 0.210 e. The Kier molecular flexibility index (Phi) is 8.16. The number of benzene rings is 10. The summed E-state index contributed by atoms with van der Waals surface area (Å²) < 4.78 is 0. The summed E-state index contributed by atoms with van der Waals surface area (Å²) in [6, 6.07) is 79.5. The summed E-state index contributed by atoms with van der Waals surface area (Å²) in [5.74, 6) is 0. The Morgan fingerprint density at radius 1 is 0.413 bits per heavy atom. The van der Waals surface area contributed by atoms with Gasteiger partial charge in [-0.05, 0) is 133 Å². The Hall–Kier alpha value is -8.70. The van der Waals surface area contributed by atoms with Gasteiger partial charge in [0.05, 0.1) is 28.9 Å². The molecule has 12 rings (SSSR count). The van der Waals surface area contributed by atoms with E-state index in [1.165, 1.54) is 55.3 Å². The summed E-state index contributed by atoms with van der Waals surface area (Å²) in [6.45, 7) is 8.06. The highest BCUT2D eigenvalue weighted by atomic mass is 15.2. The highest BCUT2D eigenvalue weighted by molar-refractivity contribution is 6.10. The van der Waals surface area contributed by atoms with Gasteiger partial charge in [-0.15, -0.1) is 0 Å². The maximum absolute atomic E-state index is 10.3. The van der Waals surface area contributed by atoms with E-state index in [4.69, 9.17) is 6.57 Å². The van der Waals surface area contributed by atoms with Crippen molar-refractivity contribution in [2.45, 2.75) is 5.41 Å². The first-order chi connectivity index (χ1) is 31.2. The van der Waals surface area contributed by atoms with Crippen molar-refractivity contribution in [2.75, 3.05) is 9.80 Å². The van der Waals surface area contributed by atoms with Crippen LogP contribution < -0.4 is 9.80 Å². The lowest BCUT2D eigenvalue weighted by Gasteiger charge is -2.33. The summed E-state index contributed by atoms with van der Waals surface area (Å²) >= 11 is 0. The Morgan fingerprint density at radius 3 is 1.41 bits per heavy atom. The van der Waals surface area contributed by atoms with E-state index in [9.17, 15) is 5.26 Å². The van der Waals surface area contributed by atoms with E-state index in [1.807, 2.05) is 84.9 Å². The molecule has 0 saturated heterocycles. The van der Waals surface area contributed by atoms with Crippen LogP contribution in [-0.4, -0.2) is 0 Å². The SMILES string of the molecule is [C-]#[N+]c1ccccc1N(c1ccccc1)c1ccc2c3c(ccc2c1)-c1ccc2cc(N(c4ccccc4)c4ccccc4C#N)ccc2c1C31c2ccccc2-c2ccccc21. The molecule has 0 heterocycles. The molecule has 63 heavy (non-hydrogen) atoms. The number of hydrogen-bond acceptors (Lipinski definition) is 3. The predicted octanol–water partition coefficient (Wildman–Crippen LogP) is 15.7. The van der Waals surface area contributed by atoms with Crippen molar-refractivity contribution in [3.8, 4) is 28.3 Å². The number of nitriles is 1. The second kappa shape index (κ2) is 14.2. The summed E-state index contributed by atoms with van der Waals surface area (Å²) in [7, 11) is 0. The number of para-hydroxylation sites is 5. The first kappa shape index (κ1) is 36.2. The minimum Gasteiger partial charge on any atom is -0.320 e. The zero-order valence-electron chi connectivity index (χ0n) is 34.1. The lowest BCUT2D eigenvalue weighted by atomic mass is 9.68. The zero-order valence-corrected chi connectivity index (χ0v) is 34.1. The van der Waals surface area contributed by atoms with Crippen molar-refractivity contribution in [1.82, 2.24) is 0 Å². The molecule has 0 aliphatic heterocycles. The van der Waals surface area contributed by atoms with Gasteiger partial charge in [-0.1, -0.05) is 152 Å². The number of anilines is 6. The molecule has 0 atom stereocenters. The van der Waals surface area contributed by atoms with Gasteiger partial charge in [0, 0.05) is 22.7 Å².